The Hall–Kier alpha value is -2.96. The number of anilines is 1. The maximum atomic E-state index is 12.5. The van der Waals surface area contributed by atoms with Gasteiger partial charge in [0.2, 0.25) is 5.91 Å². The molecule has 7 nitrogen and oxygen atoms in total. The molecule has 0 fully saturated rings. The molecule has 138 valence electrons. The molecule has 1 N–H and O–H groups in total. The van der Waals surface area contributed by atoms with E-state index < -0.39 is 5.91 Å². The number of likely N-dealkylation sites (N-methyl/N-ethyl adjacent to an activating group) is 1. The minimum absolute atomic E-state index is 0.109. The molecule has 1 heterocycles. The van der Waals surface area contributed by atoms with Crippen LogP contribution in [0.1, 0.15) is 35.8 Å². The second kappa shape index (κ2) is 8.94. The van der Waals surface area contributed by atoms with E-state index in [4.69, 9.17) is 0 Å². The van der Waals surface area contributed by atoms with Crippen LogP contribution in [-0.2, 0) is 11.3 Å². The molecule has 7 heteroatoms. The van der Waals surface area contributed by atoms with E-state index in [0.29, 0.717) is 12.2 Å². The predicted molar refractivity (Wildman–Crippen MR) is 100 cm³/mol. The van der Waals surface area contributed by atoms with Crippen molar-refractivity contribution in [1.29, 1.82) is 0 Å². The van der Waals surface area contributed by atoms with Crippen LogP contribution in [0.15, 0.2) is 41.2 Å². The van der Waals surface area contributed by atoms with E-state index in [1.54, 1.807) is 12.1 Å². The third-order valence-corrected chi connectivity index (χ3v) is 3.87. The Morgan fingerprint density at radius 1 is 1.15 bits per heavy atom. The van der Waals surface area contributed by atoms with E-state index in [-0.39, 0.29) is 23.7 Å². The van der Waals surface area contributed by atoms with Gasteiger partial charge in [0, 0.05) is 25.3 Å². The van der Waals surface area contributed by atoms with Crippen molar-refractivity contribution in [2.75, 3.05) is 18.9 Å². The minimum atomic E-state index is -0.408. The summed E-state index contributed by atoms with van der Waals surface area (Å²) in [4.78, 5) is 37.7. The van der Waals surface area contributed by atoms with E-state index in [9.17, 15) is 14.4 Å². The maximum Gasteiger partial charge on any atom is 0.274 e. The number of benzene rings is 1. The molecule has 0 radical (unpaired) electrons. The van der Waals surface area contributed by atoms with E-state index in [2.05, 4.69) is 10.4 Å². The molecule has 26 heavy (non-hydrogen) atoms. The van der Waals surface area contributed by atoms with Crippen molar-refractivity contribution >= 4 is 17.5 Å². The topological polar surface area (TPSA) is 84.3 Å². The molecule has 2 rings (SSSR count). The number of nitrogens with one attached hydrogen (secondary N) is 1. The molecule has 1 aromatic carbocycles. The first kappa shape index (κ1) is 19.4. The second-order valence-electron chi connectivity index (χ2n) is 6.21. The number of hydrogen-bond donors (Lipinski definition) is 1. The molecular weight excluding hydrogens is 332 g/mol. The number of unbranched alkanes of at least 4 members (excludes halogenated alkanes) is 1. The first-order chi connectivity index (χ1) is 12.4. The molecule has 2 amide bonds. The first-order valence-corrected chi connectivity index (χ1v) is 8.61. The molecule has 0 aliphatic rings. The molecule has 0 aliphatic heterocycles. The fraction of sp³-hybridized carbons (Fsp3) is 0.368. The molecule has 2 aromatic rings. The molecule has 0 aliphatic carbocycles. The van der Waals surface area contributed by atoms with E-state index in [1.165, 1.54) is 28.8 Å². The normalized spacial score (nSPS) is 10.4. The van der Waals surface area contributed by atoms with Gasteiger partial charge in [0.05, 0.1) is 6.54 Å². The number of aromatic nitrogens is 2. The lowest BCUT2D eigenvalue weighted by atomic mass is 10.2. The maximum absolute atomic E-state index is 12.5. The summed E-state index contributed by atoms with van der Waals surface area (Å²) < 4.78 is 1.29. The number of rotatable bonds is 7. The van der Waals surface area contributed by atoms with Gasteiger partial charge >= 0.3 is 0 Å². The third-order valence-electron chi connectivity index (χ3n) is 3.87. The van der Waals surface area contributed by atoms with Crippen molar-refractivity contribution in [2.45, 2.75) is 33.2 Å². The third kappa shape index (κ3) is 5.27. The van der Waals surface area contributed by atoms with E-state index in [1.807, 2.05) is 26.0 Å². The van der Waals surface area contributed by atoms with Crippen LogP contribution in [0, 0.1) is 6.92 Å². The van der Waals surface area contributed by atoms with Gasteiger partial charge in [-0.1, -0.05) is 31.0 Å². The van der Waals surface area contributed by atoms with Gasteiger partial charge in [-0.25, -0.2) is 4.68 Å². The van der Waals surface area contributed by atoms with Crippen molar-refractivity contribution in [3.8, 4) is 0 Å². The number of amides is 2. The SMILES string of the molecule is CCCCn1nc(C(=O)N(C)CC(=O)Nc2ccc(C)cc2)ccc1=O. The van der Waals surface area contributed by atoms with Gasteiger partial charge in [0.1, 0.15) is 5.69 Å². The minimum Gasteiger partial charge on any atom is -0.331 e. The lowest BCUT2D eigenvalue weighted by Crippen LogP contribution is -2.36. The molecule has 0 unspecified atom stereocenters. The smallest absolute Gasteiger partial charge is 0.274 e. The zero-order valence-electron chi connectivity index (χ0n) is 15.4. The summed E-state index contributed by atoms with van der Waals surface area (Å²) in [6.45, 7) is 4.34. The summed E-state index contributed by atoms with van der Waals surface area (Å²) in [6.07, 6.45) is 1.73. The van der Waals surface area contributed by atoms with E-state index in [0.717, 1.165) is 18.4 Å². The Kier molecular flexibility index (Phi) is 6.66. The highest BCUT2D eigenvalue weighted by Crippen LogP contribution is 2.08. The van der Waals surface area contributed by atoms with Gasteiger partial charge in [-0.3, -0.25) is 14.4 Å². The summed E-state index contributed by atoms with van der Waals surface area (Å²) in [5.74, 6) is -0.710. The number of hydrogen-bond acceptors (Lipinski definition) is 4. The number of aryl methyl sites for hydroxylation is 2. The van der Waals surface area contributed by atoms with Gasteiger partial charge in [-0.05, 0) is 31.5 Å². The molecule has 0 atom stereocenters. The first-order valence-electron chi connectivity index (χ1n) is 8.61. The lowest BCUT2D eigenvalue weighted by molar-refractivity contribution is -0.116. The highest BCUT2D eigenvalue weighted by Gasteiger charge is 2.17. The summed E-state index contributed by atoms with van der Waals surface area (Å²) in [5.41, 5.74) is 1.67. The van der Waals surface area contributed by atoms with Gasteiger partial charge in [-0.15, -0.1) is 0 Å². The summed E-state index contributed by atoms with van der Waals surface area (Å²) in [7, 11) is 1.53. The van der Waals surface area contributed by atoms with Crippen LogP contribution < -0.4 is 10.9 Å². The zero-order chi connectivity index (χ0) is 19.1. The van der Waals surface area contributed by atoms with Crippen molar-refractivity contribution in [3.05, 3.63) is 58.0 Å². The number of nitrogens with zero attached hydrogens (tertiary/aromatic N) is 3. The van der Waals surface area contributed by atoms with Gasteiger partial charge in [0.15, 0.2) is 0 Å². The fourth-order valence-corrected chi connectivity index (χ4v) is 2.35. The fourth-order valence-electron chi connectivity index (χ4n) is 2.35. The highest BCUT2D eigenvalue weighted by molar-refractivity contribution is 5.98. The van der Waals surface area contributed by atoms with Crippen molar-refractivity contribution in [3.63, 3.8) is 0 Å². The molecule has 0 spiro atoms. The highest BCUT2D eigenvalue weighted by atomic mass is 16.2. The van der Waals surface area contributed by atoms with Gasteiger partial charge in [-0.2, -0.15) is 5.10 Å². The summed E-state index contributed by atoms with van der Waals surface area (Å²) in [5, 5.41) is 6.86. The molecule has 0 bridgehead atoms. The van der Waals surface area contributed by atoms with E-state index >= 15 is 0 Å². The second-order valence-corrected chi connectivity index (χ2v) is 6.21. The quantitative estimate of drug-likeness (QED) is 0.823. The summed E-state index contributed by atoms with van der Waals surface area (Å²) >= 11 is 0. The molecule has 1 aromatic heterocycles. The zero-order valence-corrected chi connectivity index (χ0v) is 15.4. The van der Waals surface area contributed by atoms with Crippen molar-refractivity contribution in [2.24, 2.45) is 0 Å². The van der Waals surface area contributed by atoms with Crippen molar-refractivity contribution < 1.29 is 9.59 Å². The van der Waals surface area contributed by atoms with Crippen LogP contribution in [0.25, 0.3) is 0 Å². The van der Waals surface area contributed by atoms with Crippen LogP contribution in [0.4, 0.5) is 5.69 Å². The Morgan fingerprint density at radius 2 is 1.85 bits per heavy atom. The van der Waals surface area contributed by atoms with Crippen LogP contribution in [-0.4, -0.2) is 40.1 Å². The van der Waals surface area contributed by atoms with Crippen LogP contribution in [0.5, 0.6) is 0 Å². The monoisotopic (exact) mass is 356 g/mol. The average molecular weight is 356 g/mol. The van der Waals surface area contributed by atoms with Crippen molar-refractivity contribution in [1.82, 2.24) is 14.7 Å². The van der Waals surface area contributed by atoms with Gasteiger partial charge < -0.3 is 10.2 Å². The largest absolute Gasteiger partial charge is 0.331 e. The average Bonchev–Trinajstić information content (AvgIpc) is 2.62. The lowest BCUT2D eigenvalue weighted by Gasteiger charge is -2.17. The Balaban J connectivity index is 2.01. The Bertz CT molecular complexity index is 827. The molecule has 0 saturated heterocycles. The standard InChI is InChI=1S/C19H24N4O3/c1-4-5-12-23-18(25)11-10-16(21-23)19(26)22(3)13-17(24)20-15-8-6-14(2)7-9-15/h6-11H,4-5,12-13H2,1-3H3,(H,20,24). The molecule has 0 saturated carbocycles. The van der Waals surface area contributed by atoms with Gasteiger partial charge in [0.25, 0.3) is 11.5 Å². The van der Waals surface area contributed by atoms with Crippen LogP contribution >= 0.6 is 0 Å². The van der Waals surface area contributed by atoms with Crippen LogP contribution in [0.2, 0.25) is 0 Å². The predicted octanol–water partition coefficient (Wildman–Crippen LogP) is 2.06. The Labute approximate surface area is 152 Å². The number of carbonyl (C=O) groups is 2. The number of carbonyl (C=O) groups excluding carboxylic acids is 2. The summed E-state index contributed by atoms with van der Waals surface area (Å²) in [6, 6.07) is 10.1. The molecular formula is C19H24N4O3. The Morgan fingerprint density at radius 3 is 2.50 bits per heavy atom. The van der Waals surface area contributed by atoms with Crippen LogP contribution in [0.3, 0.4) is 0 Å².